The molecule has 0 saturated carbocycles. The number of likely N-dealkylation sites (tertiary alicyclic amines) is 1. The van der Waals surface area contributed by atoms with Crippen LogP contribution in [0.25, 0.3) is 33.6 Å². The lowest BCUT2D eigenvalue weighted by Gasteiger charge is -2.22. The first-order chi connectivity index (χ1) is 23.8. The van der Waals surface area contributed by atoms with Crippen LogP contribution >= 0.6 is 23.2 Å². The van der Waals surface area contributed by atoms with Crippen LogP contribution in [-0.2, 0) is 17.9 Å². The maximum Gasteiger partial charge on any atom is 0.237 e. The van der Waals surface area contributed by atoms with E-state index in [4.69, 9.17) is 54.1 Å². The van der Waals surface area contributed by atoms with Gasteiger partial charge in [-0.1, -0.05) is 59.6 Å². The van der Waals surface area contributed by atoms with Gasteiger partial charge in [-0.3, -0.25) is 19.7 Å². The number of hydrogen-bond acceptors (Lipinski definition) is 10. The number of aliphatic hydroxyl groups is 1. The molecular weight excluding hydrogens is 665 g/mol. The van der Waals surface area contributed by atoms with Crippen LogP contribution in [0.3, 0.4) is 0 Å². The van der Waals surface area contributed by atoms with E-state index in [0.717, 1.165) is 12.8 Å². The van der Waals surface area contributed by atoms with Gasteiger partial charge in [0.05, 0.1) is 54.7 Å². The minimum absolute atomic E-state index is 0.0182. The molecule has 254 valence electrons. The number of rotatable bonds is 12. The van der Waals surface area contributed by atoms with E-state index in [1.54, 1.807) is 26.6 Å². The van der Waals surface area contributed by atoms with Crippen LogP contribution in [0.4, 0.5) is 0 Å². The van der Waals surface area contributed by atoms with Crippen molar-refractivity contribution < 1.29 is 19.4 Å². The van der Waals surface area contributed by atoms with E-state index in [9.17, 15) is 9.90 Å². The largest absolute Gasteiger partial charge is 0.480 e. The average Bonchev–Trinajstić information content (AvgIpc) is 3.73. The van der Waals surface area contributed by atoms with E-state index < -0.39 is 0 Å². The van der Waals surface area contributed by atoms with Crippen molar-refractivity contribution in [3.05, 3.63) is 70.2 Å². The molecule has 1 amide bonds. The van der Waals surface area contributed by atoms with Crippen molar-refractivity contribution in [1.82, 2.24) is 35.5 Å². The van der Waals surface area contributed by atoms with Crippen LogP contribution < -0.4 is 20.1 Å². The fourth-order valence-corrected chi connectivity index (χ4v) is 7.01. The van der Waals surface area contributed by atoms with Gasteiger partial charge in [0, 0.05) is 72.9 Å². The molecule has 6 rings (SSSR count). The van der Waals surface area contributed by atoms with E-state index in [1.807, 2.05) is 36.4 Å². The summed E-state index contributed by atoms with van der Waals surface area (Å²) in [6.07, 6.45) is 11.1. The van der Waals surface area contributed by atoms with E-state index >= 15 is 0 Å². The first-order valence-corrected chi connectivity index (χ1v) is 16.8. The summed E-state index contributed by atoms with van der Waals surface area (Å²) in [5.74, 6) is 3.71. The number of carbonyl (C=O) groups is 1. The van der Waals surface area contributed by atoms with Crippen LogP contribution in [0.15, 0.2) is 48.8 Å². The number of terminal acetylenes is 1. The Balaban J connectivity index is 1.24. The molecule has 0 unspecified atom stereocenters. The SMILES string of the molecule is C#C[C@H]1C[C@@H](CO)N(Cc2ncc(-c3cccc(-c4cccc(-c5cnc(CNC[C@@H]6CCC(=O)N6)c(OC)n5)c4Cl)c3Cl)nc2OC)C1. The summed E-state index contributed by atoms with van der Waals surface area (Å²) in [7, 11) is 3.10. The van der Waals surface area contributed by atoms with Gasteiger partial charge in [0.15, 0.2) is 0 Å². The molecule has 2 fully saturated rings. The van der Waals surface area contributed by atoms with Crippen molar-refractivity contribution in [2.45, 2.75) is 44.4 Å². The number of benzene rings is 2. The molecule has 2 saturated heterocycles. The molecule has 3 atom stereocenters. The number of amides is 1. The third kappa shape index (κ3) is 7.49. The Kier molecular flexibility index (Phi) is 10.9. The van der Waals surface area contributed by atoms with Gasteiger partial charge >= 0.3 is 0 Å². The van der Waals surface area contributed by atoms with E-state index in [2.05, 4.69) is 26.4 Å². The number of ether oxygens (including phenoxy) is 2. The van der Waals surface area contributed by atoms with Crippen LogP contribution in [0, 0.1) is 18.3 Å². The van der Waals surface area contributed by atoms with Crippen molar-refractivity contribution in [3.8, 4) is 57.7 Å². The van der Waals surface area contributed by atoms with E-state index in [-0.39, 0.29) is 30.5 Å². The Morgan fingerprint density at radius 2 is 1.57 bits per heavy atom. The number of methoxy groups -OCH3 is 2. The van der Waals surface area contributed by atoms with Crippen molar-refractivity contribution in [3.63, 3.8) is 0 Å². The monoisotopic (exact) mass is 701 g/mol. The fraction of sp³-hybridized carbons (Fsp3) is 0.361. The van der Waals surface area contributed by atoms with Gasteiger partial charge in [-0.05, 0) is 12.8 Å². The third-order valence-corrected chi connectivity index (χ3v) is 9.76. The van der Waals surface area contributed by atoms with Crippen molar-refractivity contribution >= 4 is 29.1 Å². The second kappa shape index (κ2) is 15.5. The molecule has 4 heterocycles. The van der Waals surface area contributed by atoms with Crippen LogP contribution in [0.2, 0.25) is 10.0 Å². The van der Waals surface area contributed by atoms with E-state index in [0.29, 0.717) is 99.4 Å². The summed E-state index contributed by atoms with van der Waals surface area (Å²) in [6, 6.07) is 11.4. The van der Waals surface area contributed by atoms with Crippen LogP contribution in [0.1, 0.15) is 30.7 Å². The van der Waals surface area contributed by atoms with Gasteiger partial charge < -0.3 is 25.2 Å². The molecule has 0 radical (unpaired) electrons. The second-order valence-electron chi connectivity index (χ2n) is 12.1. The Bertz CT molecular complexity index is 1890. The van der Waals surface area contributed by atoms with Crippen molar-refractivity contribution in [2.24, 2.45) is 5.92 Å². The number of carbonyl (C=O) groups excluding carboxylic acids is 1. The second-order valence-corrected chi connectivity index (χ2v) is 12.8. The molecule has 0 bridgehead atoms. The standard InChI is InChI=1S/C36H37Cl2N7O4/c1-4-21-13-23(20-46)45(18-21)19-31-36(49-3)44-29(17-41-31)27-10-6-8-25(34(27)38)24-7-5-9-26(33(24)37)28-16-40-30(35(43-28)48-2)15-39-14-22-11-12-32(47)42-22/h1,5-10,16-17,21-23,39,46H,11-15,18-20H2,2-3H3,(H,42,47)/t21-,22-,23-/m0/s1. The molecule has 11 nitrogen and oxygen atoms in total. The third-order valence-electron chi connectivity index (χ3n) is 8.94. The lowest BCUT2D eigenvalue weighted by Crippen LogP contribution is -2.35. The van der Waals surface area contributed by atoms with Gasteiger partial charge in [-0.25, -0.2) is 9.97 Å². The van der Waals surface area contributed by atoms with E-state index in [1.165, 1.54) is 0 Å². The maximum absolute atomic E-state index is 11.5. The van der Waals surface area contributed by atoms with Gasteiger partial charge in [0.2, 0.25) is 17.7 Å². The quantitative estimate of drug-likeness (QED) is 0.177. The maximum atomic E-state index is 11.5. The smallest absolute Gasteiger partial charge is 0.237 e. The normalized spacial score (nSPS) is 19.1. The molecule has 0 aliphatic carbocycles. The summed E-state index contributed by atoms with van der Waals surface area (Å²) >= 11 is 14.1. The highest BCUT2D eigenvalue weighted by Gasteiger charge is 2.32. The number of nitrogens with one attached hydrogen (secondary N) is 2. The Morgan fingerprint density at radius 1 is 0.980 bits per heavy atom. The highest BCUT2D eigenvalue weighted by atomic mass is 35.5. The first-order valence-electron chi connectivity index (χ1n) is 16.0. The lowest BCUT2D eigenvalue weighted by atomic mass is 9.98. The lowest BCUT2D eigenvalue weighted by molar-refractivity contribution is -0.119. The predicted octanol–water partition coefficient (Wildman–Crippen LogP) is 4.78. The van der Waals surface area contributed by atoms with Crippen LogP contribution in [0.5, 0.6) is 11.8 Å². The summed E-state index contributed by atoms with van der Waals surface area (Å²) in [4.78, 5) is 32.4. The average molecular weight is 703 g/mol. The van der Waals surface area contributed by atoms with Crippen molar-refractivity contribution in [2.75, 3.05) is 33.9 Å². The Morgan fingerprint density at radius 3 is 2.12 bits per heavy atom. The zero-order chi connectivity index (χ0) is 34.5. The molecule has 4 aromatic rings. The molecule has 2 aromatic heterocycles. The molecule has 0 spiro atoms. The van der Waals surface area contributed by atoms with Crippen molar-refractivity contribution in [1.29, 1.82) is 0 Å². The molecule has 3 N–H and O–H groups in total. The zero-order valence-corrected chi connectivity index (χ0v) is 28.8. The summed E-state index contributed by atoms with van der Waals surface area (Å²) in [6.45, 7) is 2.20. The first kappa shape index (κ1) is 34.5. The topological polar surface area (TPSA) is 135 Å². The molecular formula is C36H37Cl2N7O4. The number of aromatic nitrogens is 4. The molecule has 2 aliphatic rings. The summed E-state index contributed by atoms with van der Waals surface area (Å²) < 4.78 is 11.2. The Hall–Kier alpha value is -4.31. The summed E-state index contributed by atoms with van der Waals surface area (Å²) in [5, 5.41) is 17.1. The fourth-order valence-electron chi connectivity index (χ4n) is 6.36. The highest BCUT2D eigenvalue weighted by Crippen LogP contribution is 2.42. The van der Waals surface area contributed by atoms with Gasteiger partial charge in [0.25, 0.3) is 0 Å². The zero-order valence-electron chi connectivity index (χ0n) is 27.2. The predicted molar refractivity (Wildman–Crippen MR) is 188 cm³/mol. The highest BCUT2D eigenvalue weighted by molar-refractivity contribution is 6.39. The van der Waals surface area contributed by atoms with Gasteiger partial charge in [0.1, 0.15) is 11.4 Å². The minimum Gasteiger partial charge on any atom is -0.480 e. The number of halogens is 2. The minimum atomic E-state index is -0.0426. The number of hydrogen-bond donors (Lipinski definition) is 3. The summed E-state index contributed by atoms with van der Waals surface area (Å²) in [5.41, 5.74) is 5.12. The molecule has 49 heavy (non-hydrogen) atoms. The van der Waals surface area contributed by atoms with Gasteiger partial charge in [-0.15, -0.1) is 12.3 Å². The molecule has 2 aromatic carbocycles. The van der Waals surface area contributed by atoms with Gasteiger partial charge in [-0.2, -0.15) is 0 Å². The van der Waals surface area contributed by atoms with Crippen LogP contribution in [-0.4, -0.2) is 81.8 Å². The molecule has 13 heteroatoms. The Labute approximate surface area is 295 Å². The molecule has 2 aliphatic heterocycles. The number of aliphatic hydroxyl groups excluding tert-OH is 1. The number of nitrogens with zero attached hydrogens (tertiary/aromatic N) is 5.